The standard InChI is InChI=1S/C11H21NO/c1-9-4-2-3-5-11(9)12-10-6-7-13-8-10/h9-12H,2-8H2,1H3. The zero-order valence-corrected chi connectivity index (χ0v) is 8.59. The Labute approximate surface area is 81.0 Å². The van der Waals surface area contributed by atoms with Crippen molar-refractivity contribution in [2.45, 2.75) is 51.1 Å². The highest BCUT2D eigenvalue weighted by atomic mass is 16.5. The van der Waals surface area contributed by atoms with E-state index in [1.54, 1.807) is 0 Å². The minimum atomic E-state index is 0.644. The van der Waals surface area contributed by atoms with Crippen LogP contribution in [0.4, 0.5) is 0 Å². The van der Waals surface area contributed by atoms with Crippen LogP contribution in [0.25, 0.3) is 0 Å². The Morgan fingerprint density at radius 3 is 2.69 bits per heavy atom. The van der Waals surface area contributed by atoms with Crippen LogP contribution < -0.4 is 5.32 Å². The number of ether oxygens (including phenoxy) is 1. The largest absolute Gasteiger partial charge is 0.380 e. The molecule has 1 saturated carbocycles. The summed E-state index contributed by atoms with van der Waals surface area (Å²) in [5.74, 6) is 0.870. The minimum Gasteiger partial charge on any atom is -0.380 e. The molecule has 1 aliphatic carbocycles. The molecule has 1 heterocycles. The van der Waals surface area contributed by atoms with Gasteiger partial charge >= 0.3 is 0 Å². The monoisotopic (exact) mass is 183 g/mol. The average Bonchev–Trinajstić information content (AvgIpc) is 2.61. The smallest absolute Gasteiger partial charge is 0.0620 e. The molecule has 0 amide bonds. The summed E-state index contributed by atoms with van der Waals surface area (Å²) in [5, 5.41) is 3.74. The van der Waals surface area contributed by atoms with Crippen LogP contribution in [-0.2, 0) is 4.74 Å². The number of rotatable bonds is 2. The van der Waals surface area contributed by atoms with Crippen molar-refractivity contribution < 1.29 is 4.74 Å². The third-order valence-corrected chi connectivity index (χ3v) is 3.49. The normalized spacial score (nSPS) is 40.8. The first-order valence-electron chi connectivity index (χ1n) is 5.70. The molecular weight excluding hydrogens is 162 g/mol. The summed E-state index contributed by atoms with van der Waals surface area (Å²) in [4.78, 5) is 0. The lowest BCUT2D eigenvalue weighted by Gasteiger charge is -2.31. The van der Waals surface area contributed by atoms with E-state index in [4.69, 9.17) is 4.74 Å². The van der Waals surface area contributed by atoms with Crippen molar-refractivity contribution in [3.8, 4) is 0 Å². The van der Waals surface area contributed by atoms with E-state index in [1.807, 2.05) is 0 Å². The van der Waals surface area contributed by atoms with E-state index < -0.39 is 0 Å². The van der Waals surface area contributed by atoms with E-state index in [-0.39, 0.29) is 0 Å². The molecule has 76 valence electrons. The van der Waals surface area contributed by atoms with E-state index in [2.05, 4.69) is 12.2 Å². The fourth-order valence-electron chi connectivity index (χ4n) is 2.53. The Bertz CT molecular complexity index is 154. The molecule has 0 spiro atoms. The van der Waals surface area contributed by atoms with Gasteiger partial charge in [0.2, 0.25) is 0 Å². The Morgan fingerprint density at radius 1 is 1.15 bits per heavy atom. The van der Waals surface area contributed by atoms with Gasteiger partial charge in [0, 0.05) is 18.7 Å². The van der Waals surface area contributed by atoms with Crippen molar-refractivity contribution in [3.63, 3.8) is 0 Å². The Hall–Kier alpha value is -0.0800. The molecule has 0 aromatic heterocycles. The van der Waals surface area contributed by atoms with Gasteiger partial charge < -0.3 is 10.1 Å². The summed E-state index contributed by atoms with van der Waals surface area (Å²) in [5.41, 5.74) is 0. The molecule has 2 rings (SSSR count). The summed E-state index contributed by atoms with van der Waals surface area (Å²) in [7, 11) is 0. The third kappa shape index (κ3) is 2.44. The fourth-order valence-corrected chi connectivity index (χ4v) is 2.53. The highest BCUT2D eigenvalue weighted by molar-refractivity contribution is 4.83. The van der Waals surface area contributed by atoms with Crippen LogP contribution in [-0.4, -0.2) is 25.3 Å². The van der Waals surface area contributed by atoms with Gasteiger partial charge in [0.05, 0.1) is 6.61 Å². The molecule has 3 unspecified atom stereocenters. The van der Waals surface area contributed by atoms with Crippen molar-refractivity contribution in [1.82, 2.24) is 5.32 Å². The van der Waals surface area contributed by atoms with Crippen LogP contribution >= 0.6 is 0 Å². The lowest BCUT2D eigenvalue weighted by Crippen LogP contribution is -2.43. The van der Waals surface area contributed by atoms with Gasteiger partial charge in [-0.05, 0) is 25.2 Å². The van der Waals surface area contributed by atoms with E-state index in [0.717, 1.165) is 25.2 Å². The molecule has 2 nitrogen and oxygen atoms in total. The molecule has 1 N–H and O–H groups in total. The first kappa shape index (κ1) is 9.47. The second kappa shape index (κ2) is 4.43. The van der Waals surface area contributed by atoms with Gasteiger partial charge in [-0.15, -0.1) is 0 Å². The minimum absolute atomic E-state index is 0.644. The van der Waals surface area contributed by atoms with Crippen LogP contribution in [0.3, 0.4) is 0 Å². The van der Waals surface area contributed by atoms with Crippen molar-refractivity contribution in [2.24, 2.45) is 5.92 Å². The van der Waals surface area contributed by atoms with Crippen LogP contribution in [0, 0.1) is 5.92 Å². The molecule has 0 bridgehead atoms. The zero-order valence-electron chi connectivity index (χ0n) is 8.59. The van der Waals surface area contributed by atoms with Crippen molar-refractivity contribution in [2.75, 3.05) is 13.2 Å². The van der Waals surface area contributed by atoms with Gasteiger partial charge in [0.1, 0.15) is 0 Å². The average molecular weight is 183 g/mol. The first-order chi connectivity index (χ1) is 6.36. The summed E-state index contributed by atoms with van der Waals surface area (Å²) in [6.45, 7) is 4.27. The van der Waals surface area contributed by atoms with Crippen molar-refractivity contribution >= 4 is 0 Å². The summed E-state index contributed by atoms with van der Waals surface area (Å²) < 4.78 is 5.37. The maximum Gasteiger partial charge on any atom is 0.0620 e. The summed E-state index contributed by atoms with van der Waals surface area (Å²) >= 11 is 0. The highest BCUT2D eigenvalue weighted by Gasteiger charge is 2.25. The lowest BCUT2D eigenvalue weighted by atomic mass is 9.85. The second-order valence-electron chi connectivity index (χ2n) is 4.60. The molecule has 2 heteroatoms. The zero-order chi connectivity index (χ0) is 9.10. The van der Waals surface area contributed by atoms with Gasteiger partial charge in [-0.2, -0.15) is 0 Å². The topological polar surface area (TPSA) is 21.3 Å². The molecule has 0 aromatic rings. The number of nitrogens with one attached hydrogen (secondary N) is 1. The Balaban J connectivity index is 1.78. The van der Waals surface area contributed by atoms with Gasteiger partial charge in [0.15, 0.2) is 0 Å². The number of hydrogen-bond acceptors (Lipinski definition) is 2. The maximum atomic E-state index is 5.37. The predicted molar refractivity (Wildman–Crippen MR) is 53.8 cm³/mol. The lowest BCUT2D eigenvalue weighted by molar-refractivity contribution is 0.180. The third-order valence-electron chi connectivity index (χ3n) is 3.49. The van der Waals surface area contributed by atoms with Crippen molar-refractivity contribution in [3.05, 3.63) is 0 Å². The second-order valence-corrected chi connectivity index (χ2v) is 4.60. The molecule has 1 saturated heterocycles. The van der Waals surface area contributed by atoms with E-state index in [0.29, 0.717) is 6.04 Å². The molecule has 13 heavy (non-hydrogen) atoms. The molecule has 1 aliphatic heterocycles. The summed E-state index contributed by atoms with van der Waals surface area (Å²) in [6.07, 6.45) is 6.84. The number of hydrogen-bond donors (Lipinski definition) is 1. The van der Waals surface area contributed by atoms with Crippen molar-refractivity contribution in [1.29, 1.82) is 0 Å². The van der Waals surface area contributed by atoms with Gasteiger partial charge in [0.25, 0.3) is 0 Å². The Kier molecular flexibility index (Phi) is 3.23. The molecule has 0 aromatic carbocycles. The van der Waals surface area contributed by atoms with E-state index >= 15 is 0 Å². The van der Waals surface area contributed by atoms with Gasteiger partial charge in [-0.3, -0.25) is 0 Å². The SMILES string of the molecule is CC1CCCCC1NC1CCOC1. The Morgan fingerprint density at radius 2 is 2.00 bits per heavy atom. The van der Waals surface area contributed by atoms with Crippen LogP contribution in [0.5, 0.6) is 0 Å². The highest BCUT2D eigenvalue weighted by Crippen LogP contribution is 2.24. The van der Waals surface area contributed by atoms with Gasteiger partial charge in [-0.25, -0.2) is 0 Å². The van der Waals surface area contributed by atoms with E-state index in [9.17, 15) is 0 Å². The molecular formula is C11H21NO. The van der Waals surface area contributed by atoms with Gasteiger partial charge in [-0.1, -0.05) is 19.8 Å². The van der Waals surface area contributed by atoms with E-state index in [1.165, 1.54) is 32.1 Å². The predicted octanol–water partition coefficient (Wildman–Crippen LogP) is 1.94. The molecule has 2 fully saturated rings. The fraction of sp³-hybridized carbons (Fsp3) is 1.00. The molecule has 3 atom stereocenters. The van der Waals surface area contributed by atoms with Crippen LogP contribution in [0.1, 0.15) is 39.0 Å². The first-order valence-corrected chi connectivity index (χ1v) is 5.70. The maximum absolute atomic E-state index is 5.37. The summed E-state index contributed by atoms with van der Waals surface area (Å²) in [6, 6.07) is 1.41. The quantitative estimate of drug-likeness (QED) is 0.706. The van der Waals surface area contributed by atoms with Crippen LogP contribution in [0.2, 0.25) is 0 Å². The molecule has 2 aliphatic rings. The van der Waals surface area contributed by atoms with Crippen LogP contribution in [0.15, 0.2) is 0 Å². The molecule has 0 radical (unpaired) electrons.